The molecule has 2 rings (SSSR count). The Hall–Kier alpha value is -1.98. The molecule has 19 heavy (non-hydrogen) atoms. The molecule has 4 N–H and O–H groups in total. The first kappa shape index (κ1) is 13.5. The Morgan fingerprint density at radius 2 is 1.63 bits per heavy atom. The molecule has 0 aromatic heterocycles. The molecule has 0 aliphatic rings. The summed E-state index contributed by atoms with van der Waals surface area (Å²) in [4.78, 5) is 0. The molecule has 0 spiro atoms. The predicted octanol–water partition coefficient (Wildman–Crippen LogP) is 2.72. The van der Waals surface area contributed by atoms with Crippen molar-refractivity contribution in [1.82, 2.24) is 0 Å². The highest BCUT2D eigenvalue weighted by atomic mass is 19.1. The van der Waals surface area contributed by atoms with E-state index in [4.69, 9.17) is 16.2 Å². The lowest BCUT2D eigenvalue weighted by molar-refractivity contribution is 0.465. The standard InChI is InChI=1S/C14H14F2N2O/c15-9-1-4-11(5-2-9)19-14-6-3-10(16)7-12(14)13(18)8-17/h1-7,13H,8,17-18H2. The Morgan fingerprint density at radius 1 is 1.00 bits per heavy atom. The lowest BCUT2D eigenvalue weighted by atomic mass is 10.1. The van der Waals surface area contributed by atoms with Gasteiger partial charge in [-0.2, -0.15) is 0 Å². The van der Waals surface area contributed by atoms with Gasteiger partial charge in [0, 0.05) is 18.2 Å². The van der Waals surface area contributed by atoms with Crippen LogP contribution in [0.15, 0.2) is 42.5 Å². The first-order valence-corrected chi connectivity index (χ1v) is 5.78. The van der Waals surface area contributed by atoms with Crippen LogP contribution in [-0.2, 0) is 0 Å². The summed E-state index contributed by atoms with van der Waals surface area (Å²) in [5.41, 5.74) is 11.8. The smallest absolute Gasteiger partial charge is 0.132 e. The van der Waals surface area contributed by atoms with Gasteiger partial charge in [0.15, 0.2) is 0 Å². The third-order valence-corrected chi connectivity index (χ3v) is 2.67. The van der Waals surface area contributed by atoms with E-state index in [9.17, 15) is 8.78 Å². The number of hydrogen-bond donors (Lipinski definition) is 2. The first-order valence-electron chi connectivity index (χ1n) is 5.78. The maximum Gasteiger partial charge on any atom is 0.132 e. The van der Waals surface area contributed by atoms with E-state index in [1.54, 1.807) is 0 Å². The summed E-state index contributed by atoms with van der Waals surface area (Å²) in [7, 11) is 0. The summed E-state index contributed by atoms with van der Waals surface area (Å²) >= 11 is 0. The van der Waals surface area contributed by atoms with E-state index in [0.29, 0.717) is 17.1 Å². The fraction of sp³-hybridized carbons (Fsp3) is 0.143. The maximum absolute atomic E-state index is 13.2. The Morgan fingerprint density at radius 3 is 2.26 bits per heavy atom. The Kier molecular flexibility index (Phi) is 4.09. The van der Waals surface area contributed by atoms with E-state index < -0.39 is 11.9 Å². The molecule has 1 atom stereocenters. The van der Waals surface area contributed by atoms with Crippen molar-refractivity contribution < 1.29 is 13.5 Å². The third kappa shape index (κ3) is 3.27. The van der Waals surface area contributed by atoms with Gasteiger partial charge in [-0.3, -0.25) is 0 Å². The van der Waals surface area contributed by atoms with Crippen LogP contribution in [0.5, 0.6) is 11.5 Å². The molecule has 2 aromatic rings. The van der Waals surface area contributed by atoms with Gasteiger partial charge in [0.2, 0.25) is 0 Å². The van der Waals surface area contributed by atoms with Crippen LogP contribution < -0.4 is 16.2 Å². The van der Waals surface area contributed by atoms with Crippen LogP contribution in [-0.4, -0.2) is 6.54 Å². The molecule has 0 fully saturated rings. The highest BCUT2D eigenvalue weighted by Gasteiger charge is 2.13. The second-order valence-electron chi connectivity index (χ2n) is 4.08. The van der Waals surface area contributed by atoms with Crippen LogP contribution in [0.4, 0.5) is 8.78 Å². The zero-order valence-electron chi connectivity index (χ0n) is 10.1. The zero-order chi connectivity index (χ0) is 13.8. The molecule has 2 aromatic carbocycles. The van der Waals surface area contributed by atoms with Gasteiger partial charge >= 0.3 is 0 Å². The average molecular weight is 264 g/mol. The number of hydrogen-bond acceptors (Lipinski definition) is 3. The predicted molar refractivity (Wildman–Crippen MR) is 68.9 cm³/mol. The highest BCUT2D eigenvalue weighted by molar-refractivity contribution is 5.40. The number of nitrogens with two attached hydrogens (primary N) is 2. The van der Waals surface area contributed by atoms with Crippen molar-refractivity contribution in [3.63, 3.8) is 0 Å². The van der Waals surface area contributed by atoms with Gasteiger partial charge in [0.25, 0.3) is 0 Å². The SMILES string of the molecule is NCC(N)c1cc(F)ccc1Oc1ccc(F)cc1. The van der Waals surface area contributed by atoms with Gasteiger partial charge in [-0.15, -0.1) is 0 Å². The number of rotatable bonds is 4. The molecule has 100 valence electrons. The van der Waals surface area contributed by atoms with Crippen LogP contribution in [0.1, 0.15) is 11.6 Å². The number of ether oxygens (including phenoxy) is 1. The van der Waals surface area contributed by atoms with Gasteiger partial charge in [0.05, 0.1) is 0 Å². The third-order valence-electron chi connectivity index (χ3n) is 2.67. The van der Waals surface area contributed by atoms with Gasteiger partial charge in [0.1, 0.15) is 23.1 Å². The number of benzene rings is 2. The Labute approximate surface area is 109 Å². The summed E-state index contributed by atoms with van der Waals surface area (Å²) in [5, 5.41) is 0. The van der Waals surface area contributed by atoms with Crippen LogP contribution in [0.3, 0.4) is 0 Å². The van der Waals surface area contributed by atoms with Crippen molar-refractivity contribution in [3.05, 3.63) is 59.7 Å². The van der Waals surface area contributed by atoms with Crippen LogP contribution in [0, 0.1) is 11.6 Å². The summed E-state index contributed by atoms with van der Waals surface area (Å²) in [5.74, 6) is 0.0835. The van der Waals surface area contributed by atoms with Crippen molar-refractivity contribution in [3.8, 4) is 11.5 Å². The van der Waals surface area contributed by atoms with Gasteiger partial charge < -0.3 is 16.2 Å². The molecule has 1 unspecified atom stereocenters. The molecule has 0 aliphatic heterocycles. The minimum absolute atomic E-state index is 0.170. The quantitative estimate of drug-likeness (QED) is 0.892. The van der Waals surface area contributed by atoms with E-state index in [1.807, 2.05) is 0 Å². The van der Waals surface area contributed by atoms with E-state index >= 15 is 0 Å². The van der Waals surface area contributed by atoms with E-state index in [-0.39, 0.29) is 12.4 Å². The summed E-state index contributed by atoms with van der Waals surface area (Å²) in [6.07, 6.45) is 0. The molecule has 0 aliphatic carbocycles. The topological polar surface area (TPSA) is 61.3 Å². The number of halogens is 2. The lowest BCUT2D eigenvalue weighted by Gasteiger charge is -2.15. The molecule has 0 amide bonds. The second kappa shape index (κ2) is 5.77. The minimum Gasteiger partial charge on any atom is -0.457 e. The van der Waals surface area contributed by atoms with E-state index in [1.165, 1.54) is 42.5 Å². The molecule has 0 bridgehead atoms. The average Bonchev–Trinajstić information content (AvgIpc) is 2.42. The maximum atomic E-state index is 13.2. The van der Waals surface area contributed by atoms with Crippen molar-refractivity contribution in [2.24, 2.45) is 11.5 Å². The normalized spacial score (nSPS) is 12.2. The second-order valence-corrected chi connectivity index (χ2v) is 4.08. The van der Waals surface area contributed by atoms with Crippen molar-refractivity contribution in [1.29, 1.82) is 0 Å². The zero-order valence-corrected chi connectivity index (χ0v) is 10.1. The largest absolute Gasteiger partial charge is 0.457 e. The van der Waals surface area contributed by atoms with Gasteiger partial charge in [-0.1, -0.05) is 0 Å². The van der Waals surface area contributed by atoms with Crippen LogP contribution in [0.2, 0.25) is 0 Å². The first-order chi connectivity index (χ1) is 9.10. The highest BCUT2D eigenvalue weighted by Crippen LogP contribution is 2.29. The molecule has 3 nitrogen and oxygen atoms in total. The van der Waals surface area contributed by atoms with E-state index in [0.717, 1.165) is 0 Å². The van der Waals surface area contributed by atoms with Crippen LogP contribution >= 0.6 is 0 Å². The summed E-state index contributed by atoms with van der Waals surface area (Å²) < 4.78 is 31.6. The molecule has 0 heterocycles. The minimum atomic E-state index is -0.522. The summed E-state index contributed by atoms with van der Waals surface area (Å²) in [6, 6.07) is 9.03. The molecule has 5 heteroatoms. The lowest BCUT2D eigenvalue weighted by Crippen LogP contribution is -2.21. The fourth-order valence-electron chi connectivity index (χ4n) is 1.66. The molecule has 0 radical (unpaired) electrons. The fourth-order valence-corrected chi connectivity index (χ4v) is 1.66. The van der Waals surface area contributed by atoms with E-state index in [2.05, 4.69) is 0 Å². The molecule has 0 saturated heterocycles. The van der Waals surface area contributed by atoms with Crippen LogP contribution in [0.25, 0.3) is 0 Å². The monoisotopic (exact) mass is 264 g/mol. The summed E-state index contributed by atoms with van der Waals surface area (Å²) in [6.45, 7) is 0.170. The van der Waals surface area contributed by atoms with Gasteiger partial charge in [-0.05, 0) is 42.5 Å². The van der Waals surface area contributed by atoms with Crippen molar-refractivity contribution in [2.75, 3.05) is 6.54 Å². The molecular weight excluding hydrogens is 250 g/mol. The Bertz CT molecular complexity index is 558. The van der Waals surface area contributed by atoms with Gasteiger partial charge in [-0.25, -0.2) is 8.78 Å². The molecule has 0 saturated carbocycles. The van der Waals surface area contributed by atoms with Crippen molar-refractivity contribution >= 4 is 0 Å². The molecular formula is C14H14F2N2O. The Balaban J connectivity index is 2.31. The van der Waals surface area contributed by atoms with Crippen molar-refractivity contribution in [2.45, 2.75) is 6.04 Å².